The summed E-state index contributed by atoms with van der Waals surface area (Å²) in [5, 5.41) is 2.24. The molecule has 0 fully saturated rings. The smallest absolute Gasteiger partial charge is 0.416 e. The van der Waals surface area contributed by atoms with E-state index in [1.807, 2.05) is 0 Å². The number of rotatable bonds is 6. The predicted octanol–water partition coefficient (Wildman–Crippen LogP) is 3.29. The van der Waals surface area contributed by atoms with Crippen molar-refractivity contribution in [3.63, 3.8) is 0 Å². The number of alkyl halides is 3. The number of halogens is 3. The van der Waals surface area contributed by atoms with Crippen LogP contribution in [0.3, 0.4) is 0 Å². The summed E-state index contributed by atoms with van der Waals surface area (Å²) >= 11 is 0. The summed E-state index contributed by atoms with van der Waals surface area (Å²) < 4.78 is 48.0. The highest BCUT2D eigenvalue weighted by molar-refractivity contribution is 5.96. The van der Waals surface area contributed by atoms with Crippen LogP contribution in [0.15, 0.2) is 42.6 Å². The van der Waals surface area contributed by atoms with Crippen LogP contribution in [0, 0.1) is 0 Å². The Balaban J connectivity index is 1.96. The first-order valence-corrected chi connectivity index (χ1v) is 7.53. The lowest BCUT2D eigenvalue weighted by Crippen LogP contribution is -2.21. The second kappa shape index (κ2) is 8.32. The van der Waals surface area contributed by atoms with E-state index < -0.39 is 30.2 Å². The minimum atomic E-state index is -4.52. The summed E-state index contributed by atoms with van der Waals surface area (Å²) in [5.74, 6) is -1.54. The van der Waals surface area contributed by atoms with Crippen LogP contribution < -0.4 is 10.1 Å². The van der Waals surface area contributed by atoms with Crippen molar-refractivity contribution in [2.24, 2.45) is 0 Å². The van der Waals surface area contributed by atoms with Crippen LogP contribution in [-0.4, -0.2) is 30.1 Å². The third kappa shape index (κ3) is 5.20. The molecule has 9 heteroatoms. The van der Waals surface area contributed by atoms with Gasteiger partial charge >= 0.3 is 12.1 Å². The molecule has 1 aromatic carbocycles. The van der Waals surface area contributed by atoms with Crippen molar-refractivity contribution in [2.45, 2.75) is 13.1 Å². The molecule has 0 saturated heterocycles. The highest BCUT2D eigenvalue weighted by Gasteiger charge is 2.30. The van der Waals surface area contributed by atoms with Crippen LogP contribution in [-0.2, 0) is 15.7 Å². The fourth-order valence-electron chi connectivity index (χ4n) is 1.98. The zero-order chi connectivity index (χ0) is 19.2. The molecule has 1 N–H and O–H groups in total. The quantitative estimate of drug-likeness (QED) is 0.792. The number of pyridine rings is 1. The molecule has 6 nitrogen and oxygen atoms in total. The molecular formula is C17H15F3N2O4. The molecule has 2 rings (SSSR count). The molecule has 0 aliphatic carbocycles. The first-order chi connectivity index (χ1) is 12.3. The van der Waals surface area contributed by atoms with Crippen LogP contribution in [0.2, 0.25) is 0 Å². The maximum absolute atomic E-state index is 12.6. The van der Waals surface area contributed by atoms with Gasteiger partial charge in [0.1, 0.15) is 5.56 Å². The first-order valence-electron chi connectivity index (χ1n) is 7.53. The van der Waals surface area contributed by atoms with E-state index in [0.717, 1.165) is 18.2 Å². The van der Waals surface area contributed by atoms with Gasteiger partial charge in [-0.05, 0) is 37.3 Å². The monoisotopic (exact) mass is 368 g/mol. The summed E-state index contributed by atoms with van der Waals surface area (Å²) in [7, 11) is 0. The van der Waals surface area contributed by atoms with E-state index in [4.69, 9.17) is 9.47 Å². The predicted molar refractivity (Wildman–Crippen MR) is 85.8 cm³/mol. The van der Waals surface area contributed by atoms with Gasteiger partial charge in [-0.1, -0.05) is 6.07 Å². The summed E-state index contributed by atoms with van der Waals surface area (Å²) in [4.78, 5) is 27.7. The van der Waals surface area contributed by atoms with Gasteiger partial charge in [-0.15, -0.1) is 0 Å². The molecule has 1 aromatic heterocycles. The number of esters is 1. The Morgan fingerprint density at radius 1 is 1.19 bits per heavy atom. The molecule has 1 amide bonds. The average Bonchev–Trinajstić information content (AvgIpc) is 2.60. The number of anilines is 1. The van der Waals surface area contributed by atoms with E-state index in [2.05, 4.69) is 10.3 Å². The van der Waals surface area contributed by atoms with E-state index >= 15 is 0 Å². The minimum Gasteiger partial charge on any atom is -0.477 e. The standard InChI is InChI=1S/C17H15F3N2O4/c1-2-25-15-13(7-4-8-21-15)16(24)26-10-14(23)22-12-6-3-5-11(9-12)17(18,19)20/h3-9H,2,10H2,1H3,(H,22,23). The van der Waals surface area contributed by atoms with Crippen molar-refractivity contribution in [1.82, 2.24) is 4.98 Å². The van der Waals surface area contributed by atoms with Gasteiger partial charge in [0, 0.05) is 11.9 Å². The molecule has 0 saturated carbocycles. The maximum Gasteiger partial charge on any atom is 0.416 e. The van der Waals surface area contributed by atoms with Crippen molar-refractivity contribution < 1.29 is 32.2 Å². The van der Waals surface area contributed by atoms with E-state index in [0.29, 0.717) is 0 Å². The van der Waals surface area contributed by atoms with Gasteiger partial charge < -0.3 is 14.8 Å². The highest BCUT2D eigenvalue weighted by Crippen LogP contribution is 2.30. The van der Waals surface area contributed by atoms with Crippen LogP contribution in [0.1, 0.15) is 22.8 Å². The molecule has 1 heterocycles. The molecule has 26 heavy (non-hydrogen) atoms. The largest absolute Gasteiger partial charge is 0.477 e. The number of benzene rings is 1. The number of amides is 1. The van der Waals surface area contributed by atoms with Gasteiger partial charge in [-0.3, -0.25) is 4.79 Å². The van der Waals surface area contributed by atoms with E-state index in [9.17, 15) is 22.8 Å². The zero-order valence-electron chi connectivity index (χ0n) is 13.7. The fraction of sp³-hybridized carbons (Fsp3) is 0.235. The Bertz CT molecular complexity index is 794. The first kappa shape index (κ1) is 19.2. The molecule has 0 atom stereocenters. The van der Waals surface area contributed by atoms with Crippen molar-refractivity contribution in [1.29, 1.82) is 0 Å². The molecular weight excluding hydrogens is 353 g/mol. The Labute approximate surface area is 146 Å². The topological polar surface area (TPSA) is 77.5 Å². The highest BCUT2D eigenvalue weighted by atomic mass is 19.4. The maximum atomic E-state index is 12.6. The lowest BCUT2D eigenvalue weighted by atomic mass is 10.2. The van der Waals surface area contributed by atoms with Gasteiger partial charge in [0.2, 0.25) is 5.88 Å². The Morgan fingerprint density at radius 2 is 1.96 bits per heavy atom. The number of ether oxygens (including phenoxy) is 2. The summed E-state index contributed by atoms with van der Waals surface area (Å²) in [6.07, 6.45) is -3.09. The molecule has 0 unspecified atom stereocenters. The fourth-order valence-corrected chi connectivity index (χ4v) is 1.98. The zero-order valence-corrected chi connectivity index (χ0v) is 13.7. The van der Waals surface area contributed by atoms with Crippen LogP contribution in [0.5, 0.6) is 5.88 Å². The van der Waals surface area contributed by atoms with Gasteiger partial charge in [0.15, 0.2) is 6.61 Å². The van der Waals surface area contributed by atoms with Crippen LogP contribution in [0.25, 0.3) is 0 Å². The SMILES string of the molecule is CCOc1ncccc1C(=O)OCC(=O)Nc1cccc(C(F)(F)F)c1. The van der Waals surface area contributed by atoms with Crippen molar-refractivity contribution in [3.8, 4) is 5.88 Å². The van der Waals surface area contributed by atoms with E-state index in [1.165, 1.54) is 24.4 Å². The van der Waals surface area contributed by atoms with E-state index in [-0.39, 0.29) is 23.7 Å². The number of nitrogens with one attached hydrogen (secondary N) is 1. The van der Waals surface area contributed by atoms with Gasteiger partial charge in [-0.2, -0.15) is 13.2 Å². The molecule has 2 aromatic rings. The number of carbonyl (C=O) groups is 2. The lowest BCUT2D eigenvalue weighted by Gasteiger charge is -2.11. The summed E-state index contributed by atoms with van der Waals surface area (Å²) in [6.45, 7) is 1.33. The van der Waals surface area contributed by atoms with Crippen molar-refractivity contribution in [2.75, 3.05) is 18.5 Å². The minimum absolute atomic E-state index is 0.0428. The molecule has 0 radical (unpaired) electrons. The summed E-state index contributed by atoms with van der Waals surface area (Å²) in [6, 6.07) is 7.05. The lowest BCUT2D eigenvalue weighted by molar-refractivity contribution is -0.137. The Kier molecular flexibility index (Phi) is 6.16. The second-order valence-corrected chi connectivity index (χ2v) is 4.99. The van der Waals surface area contributed by atoms with Gasteiger partial charge in [-0.25, -0.2) is 9.78 Å². The van der Waals surface area contributed by atoms with E-state index in [1.54, 1.807) is 6.92 Å². The average molecular weight is 368 g/mol. The third-order valence-electron chi connectivity index (χ3n) is 3.08. The van der Waals surface area contributed by atoms with Crippen LogP contribution in [0.4, 0.5) is 18.9 Å². The molecule has 0 aliphatic heterocycles. The molecule has 0 aliphatic rings. The molecule has 138 valence electrons. The second-order valence-electron chi connectivity index (χ2n) is 4.99. The molecule has 0 bridgehead atoms. The number of aromatic nitrogens is 1. The third-order valence-corrected chi connectivity index (χ3v) is 3.08. The normalized spacial score (nSPS) is 10.9. The molecule has 0 spiro atoms. The number of hydrogen-bond acceptors (Lipinski definition) is 5. The van der Waals surface area contributed by atoms with Crippen molar-refractivity contribution >= 4 is 17.6 Å². The van der Waals surface area contributed by atoms with Crippen LogP contribution >= 0.6 is 0 Å². The number of carbonyl (C=O) groups excluding carboxylic acids is 2. The number of nitrogens with zero attached hydrogens (tertiary/aromatic N) is 1. The van der Waals surface area contributed by atoms with Crippen molar-refractivity contribution in [3.05, 3.63) is 53.7 Å². The Hall–Kier alpha value is -3.10. The Morgan fingerprint density at radius 3 is 2.65 bits per heavy atom. The van der Waals surface area contributed by atoms with Gasteiger partial charge in [0.25, 0.3) is 5.91 Å². The van der Waals surface area contributed by atoms with Gasteiger partial charge in [0.05, 0.1) is 12.2 Å². The number of hydrogen-bond donors (Lipinski definition) is 1. The summed E-state index contributed by atoms with van der Waals surface area (Å²) in [5.41, 5.74) is -0.914.